The Morgan fingerprint density at radius 2 is 2.18 bits per heavy atom. The fourth-order valence-corrected chi connectivity index (χ4v) is 2.13. The minimum atomic E-state index is -0.0987. The van der Waals surface area contributed by atoms with Gasteiger partial charge in [0.2, 0.25) is 5.91 Å². The summed E-state index contributed by atoms with van der Waals surface area (Å²) in [6, 6.07) is 5.92. The first kappa shape index (κ1) is 14.2. The van der Waals surface area contributed by atoms with Gasteiger partial charge in [0.1, 0.15) is 0 Å². The van der Waals surface area contributed by atoms with E-state index in [1.54, 1.807) is 11.9 Å². The number of halogens is 1. The van der Waals surface area contributed by atoms with E-state index in [9.17, 15) is 4.79 Å². The second-order valence-electron chi connectivity index (χ2n) is 4.17. The van der Waals surface area contributed by atoms with Crippen LogP contribution in [0.25, 0.3) is 0 Å². The number of nitrogens with two attached hydrogens (primary N) is 1. The van der Waals surface area contributed by atoms with Gasteiger partial charge in [0, 0.05) is 23.8 Å². The number of carbonyl (C=O) groups excluding carboxylic acids is 1. The molecule has 0 saturated carbocycles. The molecule has 2 N–H and O–H groups in total. The maximum Gasteiger partial charge on any atom is 0.231 e. The Labute approximate surface area is 111 Å². The summed E-state index contributed by atoms with van der Waals surface area (Å²) in [5.41, 5.74) is 7.62. The lowest BCUT2D eigenvalue weighted by Gasteiger charge is -2.24. The Morgan fingerprint density at radius 1 is 1.53 bits per heavy atom. The molecule has 0 spiro atoms. The third kappa shape index (κ3) is 3.30. The van der Waals surface area contributed by atoms with Crippen molar-refractivity contribution < 1.29 is 4.79 Å². The molecule has 1 aromatic rings. The quantitative estimate of drug-likeness (QED) is 0.929. The first-order valence-electron chi connectivity index (χ1n) is 5.75. The van der Waals surface area contributed by atoms with Crippen LogP contribution >= 0.6 is 15.9 Å². The van der Waals surface area contributed by atoms with Crippen molar-refractivity contribution in [2.24, 2.45) is 11.7 Å². The average molecular weight is 299 g/mol. The minimum absolute atomic E-state index is 0.0798. The molecule has 0 bridgehead atoms. The second kappa shape index (κ2) is 6.17. The summed E-state index contributed by atoms with van der Waals surface area (Å²) in [4.78, 5) is 13.9. The summed E-state index contributed by atoms with van der Waals surface area (Å²) in [5, 5.41) is 0. The van der Waals surface area contributed by atoms with Crippen LogP contribution in [0.2, 0.25) is 0 Å². The zero-order valence-corrected chi connectivity index (χ0v) is 12.1. The van der Waals surface area contributed by atoms with Gasteiger partial charge in [-0.15, -0.1) is 0 Å². The van der Waals surface area contributed by atoms with Crippen LogP contribution in [0.3, 0.4) is 0 Å². The molecule has 0 aliphatic heterocycles. The predicted molar refractivity (Wildman–Crippen MR) is 75.1 cm³/mol. The van der Waals surface area contributed by atoms with Crippen LogP contribution in [0.4, 0.5) is 5.69 Å². The summed E-state index contributed by atoms with van der Waals surface area (Å²) in [6.07, 6.45) is 0.771. The van der Waals surface area contributed by atoms with Crippen LogP contribution < -0.4 is 10.6 Å². The van der Waals surface area contributed by atoms with E-state index in [0.717, 1.165) is 22.1 Å². The standard InChI is InChI=1S/C13H19BrN2O/c1-4-10(8-15)13(17)16(3)12-7-11(14)6-5-9(12)2/h5-7,10H,4,8,15H2,1-3H3. The van der Waals surface area contributed by atoms with Crippen molar-refractivity contribution in [1.29, 1.82) is 0 Å². The van der Waals surface area contributed by atoms with E-state index in [-0.39, 0.29) is 11.8 Å². The fraction of sp³-hybridized carbons (Fsp3) is 0.462. The monoisotopic (exact) mass is 298 g/mol. The smallest absolute Gasteiger partial charge is 0.231 e. The normalized spacial score (nSPS) is 12.3. The molecule has 1 amide bonds. The van der Waals surface area contributed by atoms with Gasteiger partial charge in [0.15, 0.2) is 0 Å². The molecule has 0 aliphatic rings. The lowest BCUT2D eigenvalue weighted by molar-refractivity contribution is -0.121. The summed E-state index contributed by atoms with van der Waals surface area (Å²) >= 11 is 3.42. The molecule has 0 heterocycles. The van der Waals surface area contributed by atoms with Gasteiger partial charge in [0.05, 0.1) is 5.92 Å². The van der Waals surface area contributed by atoms with Crippen molar-refractivity contribution in [3.8, 4) is 0 Å². The fourth-order valence-electron chi connectivity index (χ4n) is 1.78. The lowest BCUT2D eigenvalue weighted by Crippen LogP contribution is -2.36. The van der Waals surface area contributed by atoms with E-state index >= 15 is 0 Å². The number of hydrogen-bond acceptors (Lipinski definition) is 2. The average Bonchev–Trinajstić information content (AvgIpc) is 2.32. The highest BCUT2D eigenvalue weighted by Crippen LogP contribution is 2.25. The van der Waals surface area contributed by atoms with Gasteiger partial charge in [-0.2, -0.15) is 0 Å². The number of carbonyl (C=O) groups is 1. The summed E-state index contributed by atoms with van der Waals surface area (Å²) in [6.45, 7) is 4.37. The molecule has 0 saturated heterocycles. The van der Waals surface area contributed by atoms with E-state index in [0.29, 0.717) is 6.54 Å². The molecule has 1 aromatic carbocycles. The SMILES string of the molecule is CCC(CN)C(=O)N(C)c1cc(Br)ccc1C. The highest BCUT2D eigenvalue weighted by atomic mass is 79.9. The van der Waals surface area contributed by atoms with Crippen molar-refractivity contribution in [2.45, 2.75) is 20.3 Å². The van der Waals surface area contributed by atoms with Crippen molar-refractivity contribution in [3.63, 3.8) is 0 Å². The van der Waals surface area contributed by atoms with Crippen molar-refractivity contribution in [2.75, 3.05) is 18.5 Å². The van der Waals surface area contributed by atoms with E-state index in [1.807, 2.05) is 32.0 Å². The molecule has 3 nitrogen and oxygen atoms in total. The minimum Gasteiger partial charge on any atom is -0.330 e. The number of hydrogen-bond donors (Lipinski definition) is 1. The summed E-state index contributed by atoms with van der Waals surface area (Å²) in [5.74, 6) is -0.0189. The molecule has 0 radical (unpaired) electrons. The van der Waals surface area contributed by atoms with Gasteiger partial charge in [-0.1, -0.05) is 28.9 Å². The Kier molecular flexibility index (Phi) is 5.15. The molecule has 17 heavy (non-hydrogen) atoms. The van der Waals surface area contributed by atoms with E-state index in [2.05, 4.69) is 15.9 Å². The summed E-state index contributed by atoms with van der Waals surface area (Å²) in [7, 11) is 1.80. The topological polar surface area (TPSA) is 46.3 Å². The van der Waals surface area contributed by atoms with Gasteiger partial charge in [-0.05, 0) is 31.0 Å². The molecular weight excluding hydrogens is 280 g/mol. The number of amides is 1. The van der Waals surface area contributed by atoms with Gasteiger partial charge in [-0.3, -0.25) is 4.79 Å². The van der Waals surface area contributed by atoms with Gasteiger partial charge in [-0.25, -0.2) is 0 Å². The zero-order chi connectivity index (χ0) is 13.0. The molecule has 0 fully saturated rings. The number of benzene rings is 1. The Balaban J connectivity index is 2.99. The maximum atomic E-state index is 12.2. The van der Waals surface area contributed by atoms with Crippen LogP contribution in [0, 0.1) is 12.8 Å². The molecule has 1 rings (SSSR count). The first-order chi connectivity index (χ1) is 8.01. The Hall–Kier alpha value is -0.870. The maximum absolute atomic E-state index is 12.2. The summed E-state index contributed by atoms with van der Waals surface area (Å²) < 4.78 is 0.971. The highest BCUT2D eigenvalue weighted by molar-refractivity contribution is 9.10. The molecule has 1 unspecified atom stereocenters. The third-order valence-electron chi connectivity index (χ3n) is 2.99. The molecular formula is C13H19BrN2O. The lowest BCUT2D eigenvalue weighted by atomic mass is 10.0. The number of nitrogens with zero attached hydrogens (tertiary/aromatic N) is 1. The van der Waals surface area contributed by atoms with Crippen LogP contribution in [-0.2, 0) is 4.79 Å². The zero-order valence-electron chi connectivity index (χ0n) is 10.5. The first-order valence-corrected chi connectivity index (χ1v) is 6.54. The number of rotatable bonds is 4. The van der Waals surface area contributed by atoms with Crippen molar-refractivity contribution >= 4 is 27.5 Å². The van der Waals surface area contributed by atoms with Crippen LogP contribution in [0.1, 0.15) is 18.9 Å². The highest BCUT2D eigenvalue weighted by Gasteiger charge is 2.21. The second-order valence-corrected chi connectivity index (χ2v) is 5.08. The van der Waals surface area contributed by atoms with Crippen LogP contribution in [-0.4, -0.2) is 19.5 Å². The van der Waals surface area contributed by atoms with Gasteiger partial charge in [0.25, 0.3) is 0 Å². The van der Waals surface area contributed by atoms with E-state index < -0.39 is 0 Å². The number of anilines is 1. The Morgan fingerprint density at radius 3 is 2.71 bits per heavy atom. The molecule has 1 atom stereocenters. The van der Waals surface area contributed by atoms with E-state index in [1.165, 1.54) is 0 Å². The predicted octanol–water partition coefficient (Wildman–Crippen LogP) is 2.71. The largest absolute Gasteiger partial charge is 0.330 e. The van der Waals surface area contributed by atoms with Gasteiger partial charge < -0.3 is 10.6 Å². The van der Waals surface area contributed by atoms with Crippen molar-refractivity contribution in [1.82, 2.24) is 0 Å². The Bertz CT molecular complexity index is 402. The molecule has 0 aromatic heterocycles. The molecule has 94 valence electrons. The number of aryl methyl sites for hydroxylation is 1. The van der Waals surface area contributed by atoms with Crippen molar-refractivity contribution in [3.05, 3.63) is 28.2 Å². The van der Waals surface area contributed by atoms with Crippen LogP contribution in [0.15, 0.2) is 22.7 Å². The van der Waals surface area contributed by atoms with Crippen LogP contribution in [0.5, 0.6) is 0 Å². The van der Waals surface area contributed by atoms with E-state index in [4.69, 9.17) is 5.73 Å². The van der Waals surface area contributed by atoms with Gasteiger partial charge >= 0.3 is 0 Å². The third-order valence-corrected chi connectivity index (χ3v) is 3.48. The molecule has 4 heteroatoms. The molecule has 0 aliphatic carbocycles.